The van der Waals surface area contributed by atoms with E-state index in [-0.39, 0.29) is 5.91 Å². The summed E-state index contributed by atoms with van der Waals surface area (Å²) in [6.45, 7) is 13.7. The molecule has 2 saturated heterocycles. The molecule has 3 atom stereocenters. The molecule has 3 unspecified atom stereocenters. The van der Waals surface area contributed by atoms with Crippen LogP contribution in [0.2, 0.25) is 0 Å². The molecule has 3 rings (SSSR count). The molecule has 0 saturated carbocycles. The fraction of sp³-hybridized carbons (Fsp3) is 0.893. The number of piperidine rings is 2. The van der Waals surface area contributed by atoms with Crippen molar-refractivity contribution in [1.82, 2.24) is 20.0 Å². The molecular formula is C28H52N4O. The van der Waals surface area contributed by atoms with Gasteiger partial charge < -0.3 is 20.0 Å². The van der Waals surface area contributed by atoms with E-state index in [2.05, 4.69) is 54.0 Å². The summed E-state index contributed by atoms with van der Waals surface area (Å²) in [5, 5.41) is 3.12. The van der Waals surface area contributed by atoms with Crippen LogP contribution in [0.25, 0.3) is 0 Å². The molecule has 190 valence electrons. The van der Waals surface area contributed by atoms with Crippen LogP contribution in [-0.2, 0) is 4.79 Å². The molecule has 0 aromatic rings. The van der Waals surface area contributed by atoms with Crippen LogP contribution in [0.15, 0.2) is 11.6 Å². The lowest BCUT2D eigenvalue weighted by atomic mass is 9.76. The largest absolute Gasteiger partial charge is 0.354 e. The first kappa shape index (κ1) is 26.7. The Bertz CT molecular complexity index is 619. The van der Waals surface area contributed by atoms with E-state index in [0.717, 1.165) is 50.2 Å². The van der Waals surface area contributed by atoms with Crippen molar-refractivity contribution >= 4 is 5.91 Å². The number of hydrogen-bond acceptors (Lipinski definition) is 4. The summed E-state index contributed by atoms with van der Waals surface area (Å²) in [4.78, 5) is 19.0. The molecule has 2 fully saturated rings. The van der Waals surface area contributed by atoms with Crippen molar-refractivity contribution in [3.8, 4) is 0 Å². The summed E-state index contributed by atoms with van der Waals surface area (Å²) in [5.41, 5.74) is 1.71. The van der Waals surface area contributed by atoms with E-state index in [1.807, 2.05) is 0 Å². The standard InChI is InChI=1S/C28H52N4O/c1-22(25-10-16-30(4)17-11-25)6-8-26(27-12-18-31(5)19-13-27)9-7-23(2)32-20-14-28(15-21-32)29-24(3)33/h10,22-23,26-28H,6-9,11-21H2,1-5H3,(H,29,33). The molecule has 5 nitrogen and oxygen atoms in total. The highest BCUT2D eigenvalue weighted by atomic mass is 16.1. The van der Waals surface area contributed by atoms with Gasteiger partial charge in [-0.1, -0.05) is 18.6 Å². The normalized spacial score (nSPS) is 25.4. The van der Waals surface area contributed by atoms with Crippen LogP contribution < -0.4 is 5.32 Å². The van der Waals surface area contributed by atoms with E-state index in [1.165, 1.54) is 64.6 Å². The van der Waals surface area contributed by atoms with Crippen LogP contribution in [-0.4, -0.2) is 86.1 Å². The number of rotatable bonds is 10. The van der Waals surface area contributed by atoms with Gasteiger partial charge >= 0.3 is 0 Å². The molecular weight excluding hydrogens is 408 g/mol. The quantitative estimate of drug-likeness (QED) is 0.491. The van der Waals surface area contributed by atoms with E-state index >= 15 is 0 Å². The molecule has 0 radical (unpaired) electrons. The zero-order valence-corrected chi connectivity index (χ0v) is 22.3. The smallest absolute Gasteiger partial charge is 0.217 e. The maximum Gasteiger partial charge on any atom is 0.217 e. The third-order valence-electron chi connectivity index (χ3n) is 9.00. The second-order valence-corrected chi connectivity index (χ2v) is 11.6. The van der Waals surface area contributed by atoms with E-state index in [4.69, 9.17) is 0 Å². The lowest BCUT2D eigenvalue weighted by Gasteiger charge is -2.38. The molecule has 3 heterocycles. The van der Waals surface area contributed by atoms with Crippen LogP contribution in [0.4, 0.5) is 0 Å². The van der Waals surface area contributed by atoms with Crippen molar-refractivity contribution in [3.05, 3.63) is 11.6 Å². The van der Waals surface area contributed by atoms with Gasteiger partial charge in [0.15, 0.2) is 0 Å². The van der Waals surface area contributed by atoms with Gasteiger partial charge in [0.05, 0.1) is 0 Å². The first-order valence-corrected chi connectivity index (χ1v) is 13.9. The highest BCUT2D eigenvalue weighted by molar-refractivity contribution is 5.73. The maximum absolute atomic E-state index is 11.4. The van der Waals surface area contributed by atoms with Crippen LogP contribution in [0.3, 0.4) is 0 Å². The van der Waals surface area contributed by atoms with Gasteiger partial charge in [-0.3, -0.25) is 4.79 Å². The van der Waals surface area contributed by atoms with Crippen molar-refractivity contribution in [2.45, 2.75) is 90.6 Å². The number of likely N-dealkylation sites (N-methyl/N-ethyl adjacent to an activating group) is 1. The van der Waals surface area contributed by atoms with Crippen LogP contribution in [0, 0.1) is 17.8 Å². The topological polar surface area (TPSA) is 38.8 Å². The summed E-state index contributed by atoms with van der Waals surface area (Å²) < 4.78 is 0. The van der Waals surface area contributed by atoms with Crippen LogP contribution in [0.1, 0.15) is 78.6 Å². The summed E-state index contributed by atoms with van der Waals surface area (Å²) in [7, 11) is 4.52. The zero-order chi connectivity index (χ0) is 23.8. The SMILES string of the molecule is CC(=O)NC1CCN(C(C)CCC(CCC(C)C2=CCN(C)CC2)C2CCN(C)CC2)CC1. The van der Waals surface area contributed by atoms with Gasteiger partial charge in [0.1, 0.15) is 0 Å². The number of carbonyl (C=O) groups excluding carboxylic acids is 1. The van der Waals surface area contributed by atoms with Gasteiger partial charge in [0.25, 0.3) is 0 Å². The summed E-state index contributed by atoms with van der Waals surface area (Å²) >= 11 is 0. The summed E-state index contributed by atoms with van der Waals surface area (Å²) in [5.74, 6) is 2.66. The summed E-state index contributed by atoms with van der Waals surface area (Å²) in [6.07, 6.45) is 14.2. The minimum absolute atomic E-state index is 0.118. The van der Waals surface area contributed by atoms with E-state index in [0.29, 0.717) is 12.1 Å². The predicted octanol–water partition coefficient (Wildman–Crippen LogP) is 4.39. The Morgan fingerprint density at radius 2 is 1.61 bits per heavy atom. The lowest BCUT2D eigenvalue weighted by molar-refractivity contribution is -0.120. The number of amides is 1. The Morgan fingerprint density at radius 1 is 0.939 bits per heavy atom. The van der Waals surface area contributed by atoms with Gasteiger partial charge in [0.2, 0.25) is 5.91 Å². The zero-order valence-electron chi connectivity index (χ0n) is 22.3. The molecule has 1 amide bonds. The maximum atomic E-state index is 11.4. The second kappa shape index (κ2) is 13.3. The molecule has 0 aromatic heterocycles. The average molecular weight is 461 g/mol. The number of nitrogens with one attached hydrogen (secondary N) is 1. The first-order valence-electron chi connectivity index (χ1n) is 13.9. The third-order valence-corrected chi connectivity index (χ3v) is 9.00. The van der Waals surface area contributed by atoms with E-state index < -0.39 is 0 Å². The molecule has 3 aliphatic rings. The molecule has 0 aliphatic carbocycles. The fourth-order valence-corrected chi connectivity index (χ4v) is 6.41. The first-order chi connectivity index (χ1) is 15.8. The van der Waals surface area contributed by atoms with Crippen LogP contribution >= 0.6 is 0 Å². The van der Waals surface area contributed by atoms with Gasteiger partial charge in [0, 0.05) is 45.2 Å². The van der Waals surface area contributed by atoms with E-state index in [1.54, 1.807) is 12.5 Å². The fourth-order valence-electron chi connectivity index (χ4n) is 6.41. The second-order valence-electron chi connectivity index (χ2n) is 11.6. The minimum atomic E-state index is 0.118. The highest BCUT2D eigenvalue weighted by Gasteiger charge is 2.28. The predicted molar refractivity (Wildman–Crippen MR) is 139 cm³/mol. The Balaban J connectivity index is 1.49. The Labute approximate surface area is 204 Å². The van der Waals surface area contributed by atoms with Crippen molar-refractivity contribution in [3.63, 3.8) is 0 Å². The van der Waals surface area contributed by atoms with Gasteiger partial charge in [-0.05, 0) is 110 Å². The Morgan fingerprint density at radius 3 is 2.21 bits per heavy atom. The van der Waals surface area contributed by atoms with Crippen molar-refractivity contribution in [2.75, 3.05) is 53.4 Å². The molecule has 5 heteroatoms. The molecule has 0 spiro atoms. The Kier molecular flexibility index (Phi) is 10.7. The van der Waals surface area contributed by atoms with Crippen molar-refractivity contribution in [1.29, 1.82) is 0 Å². The van der Waals surface area contributed by atoms with E-state index in [9.17, 15) is 4.79 Å². The summed E-state index contributed by atoms with van der Waals surface area (Å²) in [6, 6.07) is 1.04. The van der Waals surface area contributed by atoms with Gasteiger partial charge in [-0.25, -0.2) is 0 Å². The Hall–Kier alpha value is -0.910. The van der Waals surface area contributed by atoms with Gasteiger partial charge in [-0.15, -0.1) is 0 Å². The number of likely N-dealkylation sites (tertiary alicyclic amines) is 2. The number of hydrogen-bond donors (Lipinski definition) is 1. The molecule has 1 N–H and O–H groups in total. The number of nitrogens with zero attached hydrogens (tertiary/aromatic N) is 3. The average Bonchev–Trinajstić information content (AvgIpc) is 2.80. The van der Waals surface area contributed by atoms with Crippen molar-refractivity contribution in [2.24, 2.45) is 17.8 Å². The van der Waals surface area contributed by atoms with Gasteiger partial charge in [-0.2, -0.15) is 0 Å². The number of carbonyl (C=O) groups is 1. The molecule has 0 aromatic carbocycles. The minimum Gasteiger partial charge on any atom is -0.354 e. The third kappa shape index (κ3) is 8.67. The highest BCUT2D eigenvalue weighted by Crippen LogP contribution is 2.35. The van der Waals surface area contributed by atoms with Crippen molar-refractivity contribution < 1.29 is 4.79 Å². The molecule has 3 aliphatic heterocycles. The lowest BCUT2D eigenvalue weighted by Crippen LogP contribution is -2.47. The van der Waals surface area contributed by atoms with Crippen LogP contribution in [0.5, 0.6) is 0 Å². The monoisotopic (exact) mass is 460 g/mol. The molecule has 0 bridgehead atoms. The molecule has 33 heavy (non-hydrogen) atoms.